The molecule has 1 aliphatic heterocycles. The van der Waals surface area contributed by atoms with Crippen LogP contribution in [0, 0.1) is 11.7 Å². The van der Waals surface area contributed by atoms with E-state index in [1.165, 1.54) is 59.9 Å². The SMILES string of the molecule is COc1ccc(NS(=O)(=O)c2ccc(NC(=O)C3CCN(S(=O)(=O)Cc4ccc(F)cc4)CC3)cc2)cc1. The number of sulfonamides is 2. The van der Waals surface area contributed by atoms with Gasteiger partial charge in [-0.15, -0.1) is 0 Å². The summed E-state index contributed by atoms with van der Waals surface area (Å²) < 4.78 is 72.8. The van der Waals surface area contributed by atoms with E-state index in [4.69, 9.17) is 4.74 Å². The maximum absolute atomic E-state index is 13.1. The first-order valence-electron chi connectivity index (χ1n) is 11.9. The fraction of sp³-hybridized carbons (Fsp3) is 0.269. The van der Waals surface area contributed by atoms with Crippen LogP contribution in [-0.4, -0.2) is 47.2 Å². The summed E-state index contributed by atoms with van der Waals surface area (Å²) in [5, 5.41) is 2.78. The molecule has 0 unspecified atom stereocenters. The van der Waals surface area contributed by atoms with Crippen molar-refractivity contribution in [2.45, 2.75) is 23.5 Å². The highest BCUT2D eigenvalue weighted by atomic mass is 32.2. The van der Waals surface area contributed by atoms with Crippen LogP contribution >= 0.6 is 0 Å². The normalized spacial score (nSPS) is 15.1. The van der Waals surface area contributed by atoms with Crippen LogP contribution in [-0.2, 0) is 30.6 Å². The highest BCUT2D eigenvalue weighted by molar-refractivity contribution is 7.92. The third-order valence-electron chi connectivity index (χ3n) is 6.25. The number of carbonyl (C=O) groups is 1. The Kier molecular flexibility index (Phi) is 8.34. The molecule has 1 heterocycles. The lowest BCUT2D eigenvalue weighted by molar-refractivity contribution is -0.120. The molecule has 1 aliphatic rings. The average molecular weight is 562 g/mol. The van der Waals surface area contributed by atoms with Crippen molar-refractivity contribution >= 4 is 37.3 Å². The van der Waals surface area contributed by atoms with E-state index >= 15 is 0 Å². The van der Waals surface area contributed by atoms with Gasteiger partial charge in [0.1, 0.15) is 11.6 Å². The summed E-state index contributed by atoms with van der Waals surface area (Å²) in [6, 6.07) is 17.6. The Morgan fingerprint density at radius 3 is 2.05 bits per heavy atom. The molecule has 12 heteroatoms. The number of methoxy groups -OCH3 is 1. The molecule has 0 bridgehead atoms. The van der Waals surface area contributed by atoms with E-state index in [1.807, 2.05) is 0 Å². The number of hydrogen-bond acceptors (Lipinski definition) is 6. The number of rotatable bonds is 9. The van der Waals surface area contributed by atoms with Gasteiger partial charge in [0.2, 0.25) is 15.9 Å². The fourth-order valence-corrected chi connectivity index (χ4v) is 6.74. The van der Waals surface area contributed by atoms with E-state index in [0.29, 0.717) is 35.5 Å². The van der Waals surface area contributed by atoms with E-state index in [2.05, 4.69) is 10.0 Å². The number of piperidine rings is 1. The number of benzene rings is 3. The monoisotopic (exact) mass is 561 g/mol. The molecule has 3 aromatic carbocycles. The van der Waals surface area contributed by atoms with E-state index < -0.39 is 25.9 Å². The van der Waals surface area contributed by atoms with E-state index in [1.54, 1.807) is 24.3 Å². The smallest absolute Gasteiger partial charge is 0.261 e. The van der Waals surface area contributed by atoms with Gasteiger partial charge in [0.15, 0.2) is 0 Å². The van der Waals surface area contributed by atoms with Crippen LogP contribution in [0.4, 0.5) is 15.8 Å². The molecule has 1 saturated heterocycles. The lowest BCUT2D eigenvalue weighted by Gasteiger charge is -2.30. The van der Waals surface area contributed by atoms with Gasteiger partial charge in [-0.2, -0.15) is 0 Å². The first-order valence-corrected chi connectivity index (χ1v) is 14.9. The number of anilines is 2. The second kappa shape index (κ2) is 11.5. The van der Waals surface area contributed by atoms with Gasteiger partial charge < -0.3 is 10.1 Å². The Morgan fingerprint density at radius 2 is 1.47 bits per heavy atom. The maximum Gasteiger partial charge on any atom is 0.261 e. The van der Waals surface area contributed by atoms with Gasteiger partial charge in [-0.05, 0) is 79.1 Å². The lowest BCUT2D eigenvalue weighted by Crippen LogP contribution is -2.41. The molecule has 9 nitrogen and oxygen atoms in total. The minimum absolute atomic E-state index is 0.0333. The molecule has 3 aromatic rings. The predicted octanol–water partition coefficient (Wildman–Crippen LogP) is 3.82. The Morgan fingerprint density at radius 1 is 0.895 bits per heavy atom. The Bertz CT molecular complexity index is 1470. The zero-order valence-corrected chi connectivity index (χ0v) is 22.3. The third-order valence-corrected chi connectivity index (χ3v) is 9.50. The molecule has 2 N–H and O–H groups in total. The summed E-state index contributed by atoms with van der Waals surface area (Å²) in [5.41, 5.74) is 1.31. The summed E-state index contributed by atoms with van der Waals surface area (Å²) in [6.45, 7) is 0.408. The first-order chi connectivity index (χ1) is 18.1. The zero-order valence-electron chi connectivity index (χ0n) is 20.6. The highest BCUT2D eigenvalue weighted by Gasteiger charge is 2.31. The molecule has 202 valence electrons. The van der Waals surface area contributed by atoms with Gasteiger partial charge in [0, 0.05) is 30.4 Å². The number of ether oxygens (including phenoxy) is 1. The highest BCUT2D eigenvalue weighted by Crippen LogP contribution is 2.24. The number of hydrogen-bond donors (Lipinski definition) is 2. The van der Waals surface area contributed by atoms with Crippen molar-refractivity contribution in [2.24, 2.45) is 5.92 Å². The van der Waals surface area contributed by atoms with E-state index in [-0.39, 0.29) is 35.6 Å². The summed E-state index contributed by atoms with van der Waals surface area (Å²) in [7, 11) is -5.90. The fourth-order valence-electron chi connectivity index (χ4n) is 4.11. The topological polar surface area (TPSA) is 122 Å². The van der Waals surface area contributed by atoms with Crippen LogP contribution in [0.2, 0.25) is 0 Å². The molecule has 0 spiro atoms. The van der Waals surface area contributed by atoms with E-state index in [9.17, 15) is 26.0 Å². The van der Waals surface area contributed by atoms with Gasteiger partial charge in [-0.25, -0.2) is 25.5 Å². The average Bonchev–Trinajstić information content (AvgIpc) is 2.90. The van der Waals surface area contributed by atoms with Crippen molar-refractivity contribution in [1.29, 1.82) is 0 Å². The Hall–Kier alpha value is -3.48. The number of nitrogens with zero attached hydrogens (tertiary/aromatic N) is 1. The molecular weight excluding hydrogens is 533 g/mol. The number of halogens is 1. The zero-order chi connectivity index (χ0) is 27.3. The largest absolute Gasteiger partial charge is 0.497 e. The van der Waals surface area contributed by atoms with Crippen molar-refractivity contribution in [2.75, 3.05) is 30.2 Å². The van der Waals surface area contributed by atoms with Gasteiger partial charge in [-0.3, -0.25) is 9.52 Å². The molecule has 38 heavy (non-hydrogen) atoms. The number of nitrogens with one attached hydrogen (secondary N) is 2. The quantitative estimate of drug-likeness (QED) is 0.410. The van der Waals surface area contributed by atoms with Crippen molar-refractivity contribution in [3.63, 3.8) is 0 Å². The Labute approximate surface area is 221 Å². The molecule has 0 aromatic heterocycles. The second-order valence-electron chi connectivity index (χ2n) is 8.90. The summed E-state index contributed by atoms with van der Waals surface area (Å²) in [4.78, 5) is 12.8. The van der Waals surface area contributed by atoms with Crippen molar-refractivity contribution in [1.82, 2.24) is 4.31 Å². The van der Waals surface area contributed by atoms with E-state index in [0.717, 1.165) is 0 Å². The van der Waals surface area contributed by atoms with Gasteiger partial charge >= 0.3 is 0 Å². The van der Waals surface area contributed by atoms with Gasteiger partial charge in [0.05, 0.1) is 17.8 Å². The van der Waals surface area contributed by atoms with Crippen LogP contribution in [0.15, 0.2) is 77.7 Å². The molecule has 4 rings (SSSR count). The van der Waals surface area contributed by atoms with Crippen LogP contribution < -0.4 is 14.8 Å². The van der Waals surface area contributed by atoms with Crippen molar-refractivity contribution in [3.05, 3.63) is 84.2 Å². The molecule has 1 amide bonds. The molecule has 0 atom stereocenters. The van der Waals surface area contributed by atoms with Crippen molar-refractivity contribution < 1.29 is 30.8 Å². The standard InChI is InChI=1S/C26H28FN3O6S2/c1-36-24-10-6-23(7-11-24)29-38(34,35)25-12-8-22(9-13-25)28-26(31)20-14-16-30(17-15-20)37(32,33)18-19-2-4-21(27)5-3-19/h2-13,20,29H,14-18H2,1H3,(H,28,31). The minimum Gasteiger partial charge on any atom is -0.497 e. The molecule has 0 aliphatic carbocycles. The first kappa shape index (κ1) is 27.6. The van der Waals surface area contributed by atoms with Gasteiger partial charge in [0.25, 0.3) is 10.0 Å². The van der Waals surface area contributed by atoms with Crippen LogP contribution in [0.3, 0.4) is 0 Å². The third kappa shape index (κ3) is 6.88. The molecule has 0 saturated carbocycles. The van der Waals surface area contributed by atoms with Crippen LogP contribution in [0.5, 0.6) is 5.75 Å². The number of amides is 1. The van der Waals surface area contributed by atoms with Crippen LogP contribution in [0.1, 0.15) is 18.4 Å². The lowest BCUT2D eigenvalue weighted by atomic mass is 9.97. The summed E-state index contributed by atoms with van der Waals surface area (Å²) in [6.07, 6.45) is 0.708. The van der Waals surface area contributed by atoms with Crippen molar-refractivity contribution in [3.8, 4) is 5.75 Å². The molecular formula is C26H28FN3O6S2. The maximum atomic E-state index is 13.1. The summed E-state index contributed by atoms with van der Waals surface area (Å²) in [5.74, 6) is -0.697. The Balaban J connectivity index is 1.30. The van der Waals surface area contributed by atoms with Gasteiger partial charge in [-0.1, -0.05) is 12.1 Å². The minimum atomic E-state index is -3.83. The summed E-state index contributed by atoms with van der Waals surface area (Å²) >= 11 is 0. The second-order valence-corrected chi connectivity index (χ2v) is 12.6. The molecule has 0 radical (unpaired) electrons. The molecule has 1 fully saturated rings. The predicted molar refractivity (Wildman–Crippen MR) is 142 cm³/mol. The van der Waals surface area contributed by atoms with Crippen LogP contribution in [0.25, 0.3) is 0 Å². The number of carbonyl (C=O) groups excluding carboxylic acids is 1.